The monoisotopic (exact) mass is 164 g/mol. The summed E-state index contributed by atoms with van der Waals surface area (Å²) >= 11 is 0. The van der Waals surface area contributed by atoms with Crippen molar-refractivity contribution in [1.82, 2.24) is 4.98 Å². The van der Waals surface area contributed by atoms with Gasteiger partial charge in [0.15, 0.2) is 0 Å². The van der Waals surface area contributed by atoms with E-state index in [0.29, 0.717) is 0 Å². The van der Waals surface area contributed by atoms with Crippen LogP contribution in [-0.2, 0) is 4.57 Å². The summed E-state index contributed by atoms with van der Waals surface area (Å²) in [5.41, 5.74) is 1.83. The fourth-order valence-corrected chi connectivity index (χ4v) is 1.53. The normalized spacial score (nSPS) is 10.9. The Hall–Kier alpha value is -1.14. The molecule has 2 rings (SSSR count). The summed E-state index contributed by atoms with van der Waals surface area (Å²) in [5.74, 6) is 0. The van der Waals surface area contributed by atoms with Crippen LogP contribution in [0.15, 0.2) is 30.3 Å². The molecular formula is C8H7NOP+. The second kappa shape index (κ2) is 2.48. The van der Waals surface area contributed by atoms with Crippen LogP contribution < -0.4 is 5.44 Å². The smallest absolute Gasteiger partial charge is 0.317 e. The molecule has 2 aromatic rings. The van der Waals surface area contributed by atoms with E-state index in [1.54, 1.807) is 0 Å². The molecule has 0 fully saturated rings. The minimum absolute atomic E-state index is 0.392. The van der Waals surface area contributed by atoms with Crippen LogP contribution in [0.3, 0.4) is 0 Å². The third-order valence-electron chi connectivity index (χ3n) is 1.64. The number of aromatic amines is 1. The van der Waals surface area contributed by atoms with E-state index in [0.717, 1.165) is 16.3 Å². The van der Waals surface area contributed by atoms with E-state index >= 15 is 0 Å². The second-order valence-electron chi connectivity index (χ2n) is 2.37. The van der Waals surface area contributed by atoms with Crippen molar-refractivity contribution in [2.24, 2.45) is 0 Å². The number of para-hydroxylation sites is 1. The summed E-state index contributed by atoms with van der Waals surface area (Å²) in [4.78, 5) is 3.05. The van der Waals surface area contributed by atoms with Gasteiger partial charge < -0.3 is 4.98 Å². The highest BCUT2D eigenvalue weighted by Gasteiger charge is 2.03. The highest BCUT2D eigenvalue weighted by molar-refractivity contribution is 7.33. The predicted molar refractivity (Wildman–Crippen MR) is 46.9 cm³/mol. The van der Waals surface area contributed by atoms with Crippen molar-refractivity contribution in [3.8, 4) is 0 Å². The van der Waals surface area contributed by atoms with E-state index in [1.807, 2.05) is 30.3 Å². The van der Waals surface area contributed by atoms with Crippen molar-refractivity contribution >= 4 is 24.8 Å². The lowest BCUT2D eigenvalue weighted by Gasteiger charge is -1.82. The fourth-order valence-electron chi connectivity index (χ4n) is 1.13. The van der Waals surface area contributed by atoms with Crippen molar-refractivity contribution in [1.29, 1.82) is 0 Å². The second-order valence-corrected chi connectivity index (χ2v) is 3.12. The van der Waals surface area contributed by atoms with E-state index in [1.165, 1.54) is 0 Å². The highest BCUT2D eigenvalue weighted by Crippen LogP contribution is 2.11. The largest absolute Gasteiger partial charge is 0.381 e. The minimum atomic E-state index is -0.392. The molecule has 0 bridgehead atoms. The van der Waals surface area contributed by atoms with Gasteiger partial charge in [0.1, 0.15) is 0 Å². The third kappa shape index (κ3) is 1.06. The van der Waals surface area contributed by atoms with Gasteiger partial charge in [0.25, 0.3) is 5.44 Å². The zero-order valence-electron chi connectivity index (χ0n) is 5.79. The van der Waals surface area contributed by atoms with Crippen LogP contribution in [-0.4, -0.2) is 4.98 Å². The molecule has 0 aliphatic carbocycles. The Morgan fingerprint density at radius 2 is 2.09 bits per heavy atom. The lowest BCUT2D eigenvalue weighted by molar-refractivity contribution is 0.602. The van der Waals surface area contributed by atoms with Gasteiger partial charge in [-0.2, -0.15) is 0 Å². The Morgan fingerprint density at radius 1 is 1.27 bits per heavy atom. The molecule has 0 aliphatic heterocycles. The first-order valence-electron chi connectivity index (χ1n) is 3.36. The van der Waals surface area contributed by atoms with Crippen LogP contribution in [0.5, 0.6) is 0 Å². The summed E-state index contributed by atoms with van der Waals surface area (Å²) in [6, 6.07) is 9.79. The van der Waals surface area contributed by atoms with Gasteiger partial charge >= 0.3 is 8.46 Å². The standard InChI is InChI=1S/C8H6NOP/c10-11-8-5-6-3-1-2-4-7(6)9-8/h1-5,9H/p+1. The first kappa shape index (κ1) is 6.56. The number of nitrogens with one attached hydrogen (secondary N) is 1. The summed E-state index contributed by atoms with van der Waals surface area (Å²) in [6.45, 7) is 0. The SMILES string of the molecule is O=[PH+]c1cc2ccccc2[nH]1. The van der Waals surface area contributed by atoms with Gasteiger partial charge in [0.05, 0.1) is 0 Å². The maximum Gasteiger partial charge on any atom is 0.381 e. The zero-order valence-corrected chi connectivity index (χ0v) is 6.79. The molecule has 0 spiro atoms. The molecule has 1 aromatic carbocycles. The number of fused-ring (bicyclic) bond motifs is 1. The van der Waals surface area contributed by atoms with Crippen LogP contribution >= 0.6 is 8.46 Å². The van der Waals surface area contributed by atoms with Crippen LogP contribution in [0.4, 0.5) is 0 Å². The molecule has 2 nitrogen and oxygen atoms in total. The summed E-state index contributed by atoms with van der Waals surface area (Å²) in [6.07, 6.45) is 0. The molecule has 1 N–H and O–H groups in total. The van der Waals surface area contributed by atoms with E-state index in [4.69, 9.17) is 0 Å². The molecule has 3 heteroatoms. The van der Waals surface area contributed by atoms with E-state index in [-0.39, 0.29) is 0 Å². The quantitative estimate of drug-likeness (QED) is 0.640. The molecule has 0 aliphatic rings. The van der Waals surface area contributed by atoms with Crippen LogP contribution in [0, 0.1) is 0 Å². The topological polar surface area (TPSA) is 32.9 Å². The fraction of sp³-hybridized carbons (Fsp3) is 0. The van der Waals surface area contributed by atoms with Crippen LogP contribution in [0.2, 0.25) is 0 Å². The van der Waals surface area contributed by atoms with E-state index in [2.05, 4.69) is 4.98 Å². The van der Waals surface area contributed by atoms with E-state index in [9.17, 15) is 4.57 Å². The van der Waals surface area contributed by atoms with E-state index < -0.39 is 8.46 Å². The molecule has 1 atom stereocenters. The lowest BCUT2D eigenvalue weighted by Crippen LogP contribution is -1.86. The van der Waals surface area contributed by atoms with Gasteiger partial charge in [-0.3, -0.25) is 0 Å². The predicted octanol–water partition coefficient (Wildman–Crippen LogP) is 1.82. The first-order valence-corrected chi connectivity index (χ1v) is 4.27. The molecule has 0 saturated carbocycles. The Kier molecular flexibility index (Phi) is 1.48. The lowest BCUT2D eigenvalue weighted by atomic mass is 10.3. The summed E-state index contributed by atoms with van der Waals surface area (Å²) in [5, 5.41) is 1.12. The van der Waals surface area contributed by atoms with Gasteiger partial charge in [0, 0.05) is 17.0 Å². The first-order chi connectivity index (χ1) is 5.40. The van der Waals surface area contributed by atoms with Crippen molar-refractivity contribution in [3.05, 3.63) is 30.3 Å². The Labute approximate surface area is 65.4 Å². The maximum atomic E-state index is 10.5. The molecular weight excluding hydrogens is 157 g/mol. The Morgan fingerprint density at radius 3 is 2.82 bits per heavy atom. The molecule has 1 heterocycles. The molecule has 1 aromatic heterocycles. The summed E-state index contributed by atoms with van der Waals surface area (Å²) in [7, 11) is -0.392. The van der Waals surface area contributed by atoms with Crippen LogP contribution in [0.25, 0.3) is 10.9 Å². The van der Waals surface area contributed by atoms with Crippen molar-refractivity contribution in [3.63, 3.8) is 0 Å². The molecule has 11 heavy (non-hydrogen) atoms. The number of hydrogen-bond acceptors (Lipinski definition) is 1. The minimum Gasteiger partial charge on any atom is -0.317 e. The molecule has 54 valence electrons. The average molecular weight is 164 g/mol. The molecule has 0 radical (unpaired) electrons. The van der Waals surface area contributed by atoms with Crippen LogP contribution in [0.1, 0.15) is 0 Å². The van der Waals surface area contributed by atoms with Crippen molar-refractivity contribution in [2.45, 2.75) is 0 Å². The van der Waals surface area contributed by atoms with Gasteiger partial charge in [-0.15, -0.1) is 0 Å². The van der Waals surface area contributed by atoms with Gasteiger partial charge in [-0.05, 0) is 6.07 Å². The molecule has 0 amide bonds. The third-order valence-corrected chi connectivity index (χ3v) is 2.13. The number of H-pyrrole nitrogens is 1. The maximum absolute atomic E-state index is 10.5. The Bertz CT molecular complexity index is 361. The highest BCUT2D eigenvalue weighted by atomic mass is 31.1. The number of benzene rings is 1. The number of rotatable bonds is 1. The molecule has 0 saturated heterocycles. The summed E-state index contributed by atoms with van der Waals surface area (Å²) < 4.78 is 10.5. The van der Waals surface area contributed by atoms with Gasteiger partial charge in [0.2, 0.25) is 0 Å². The average Bonchev–Trinajstić information content (AvgIpc) is 2.46. The number of aromatic nitrogens is 1. The van der Waals surface area contributed by atoms with Crippen molar-refractivity contribution in [2.75, 3.05) is 0 Å². The zero-order chi connectivity index (χ0) is 7.68. The molecule has 1 unspecified atom stereocenters. The van der Waals surface area contributed by atoms with Crippen molar-refractivity contribution < 1.29 is 4.57 Å². The number of hydrogen-bond donors (Lipinski definition) is 1. The Balaban J connectivity index is 2.78. The van der Waals surface area contributed by atoms with Gasteiger partial charge in [-0.25, -0.2) is 0 Å². The van der Waals surface area contributed by atoms with Gasteiger partial charge in [-0.1, -0.05) is 22.8 Å².